The summed E-state index contributed by atoms with van der Waals surface area (Å²) in [6.07, 6.45) is 2.35. The number of thioether (sulfide) groups is 1. The molecule has 3 N–H and O–H groups in total. The SMILES string of the molecule is Cc1cc(Br)ccc1SCC(=O)NC(C)(CN)C1CC1. The third-order valence-corrected chi connectivity index (χ3v) is 5.49. The van der Waals surface area contributed by atoms with E-state index in [9.17, 15) is 4.79 Å². The van der Waals surface area contributed by atoms with Crippen molar-refractivity contribution in [1.82, 2.24) is 5.32 Å². The van der Waals surface area contributed by atoms with Gasteiger partial charge in [-0.1, -0.05) is 15.9 Å². The Labute approximate surface area is 133 Å². The third kappa shape index (κ3) is 3.99. The van der Waals surface area contributed by atoms with Crippen molar-refractivity contribution in [2.45, 2.75) is 37.1 Å². The minimum Gasteiger partial charge on any atom is -0.349 e. The number of rotatable bonds is 6. The number of aryl methyl sites for hydroxylation is 1. The molecule has 5 heteroatoms. The van der Waals surface area contributed by atoms with Crippen molar-refractivity contribution in [3.63, 3.8) is 0 Å². The van der Waals surface area contributed by atoms with E-state index in [2.05, 4.69) is 41.2 Å². The van der Waals surface area contributed by atoms with Gasteiger partial charge in [-0.25, -0.2) is 0 Å². The summed E-state index contributed by atoms with van der Waals surface area (Å²) in [5.74, 6) is 1.05. The lowest BCUT2D eigenvalue weighted by atomic mass is 9.96. The van der Waals surface area contributed by atoms with Crippen molar-refractivity contribution in [2.75, 3.05) is 12.3 Å². The summed E-state index contributed by atoms with van der Waals surface area (Å²) in [5.41, 5.74) is 6.77. The van der Waals surface area contributed by atoms with Crippen LogP contribution in [0.3, 0.4) is 0 Å². The fraction of sp³-hybridized carbons (Fsp3) is 0.533. The molecule has 1 aliphatic carbocycles. The van der Waals surface area contributed by atoms with E-state index in [1.54, 1.807) is 11.8 Å². The van der Waals surface area contributed by atoms with Crippen LogP contribution in [0.25, 0.3) is 0 Å². The molecular weight excluding hydrogens is 336 g/mol. The molecule has 1 fully saturated rings. The first-order valence-electron chi connectivity index (χ1n) is 6.84. The maximum absolute atomic E-state index is 12.1. The Kier molecular flexibility index (Phi) is 5.15. The number of benzene rings is 1. The number of halogens is 1. The highest BCUT2D eigenvalue weighted by molar-refractivity contribution is 9.10. The summed E-state index contributed by atoms with van der Waals surface area (Å²) in [6.45, 7) is 4.61. The fourth-order valence-electron chi connectivity index (χ4n) is 2.31. The number of nitrogens with one attached hydrogen (secondary N) is 1. The monoisotopic (exact) mass is 356 g/mol. The molecule has 1 atom stereocenters. The zero-order chi connectivity index (χ0) is 14.8. The van der Waals surface area contributed by atoms with Crippen LogP contribution in [0.4, 0.5) is 0 Å². The molecule has 1 saturated carbocycles. The van der Waals surface area contributed by atoms with Crippen molar-refractivity contribution in [1.29, 1.82) is 0 Å². The van der Waals surface area contributed by atoms with Crippen molar-refractivity contribution in [3.05, 3.63) is 28.2 Å². The Morgan fingerprint density at radius 3 is 2.80 bits per heavy atom. The van der Waals surface area contributed by atoms with Crippen LogP contribution in [-0.2, 0) is 4.79 Å². The van der Waals surface area contributed by atoms with Crippen molar-refractivity contribution in [3.8, 4) is 0 Å². The number of nitrogens with two attached hydrogens (primary N) is 1. The van der Waals surface area contributed by atoms with Gasteiger partial charge in [0.05, 0.1) is 11.3 Å². The highest BCUT2D eigenvalue weighted by atomic mass is 79.9. The molecule has 0 aliphatic heterocycles. The average Bonchev–Trinajstić information content (AvgIpc) is 3.22. The number of hydrogen-bond donors (Lipinski definition) is 2. The maximum Gasteiger partial charge on any atom is 0.230 e. The van der Waals surface area contributed by atoms with Crippen LogP contribution in [0, 0.1) is 12.8 Å². The van der Waals surface area contributed by atoms with E-state index in [-0.39, 0.29) is 11.4 Å². The molecule has 1 aromatic rings. The second-order valence-electron chi connectivity index (χ2n) is 5.64. The Bertz CT molecular complexity index is 505. The second-order valence-corrected chi connectivity index (χ2v) is 7.58. The van der Waals surface area contributed by atoms with E-state index in [1.807, 2.05) is 12.1 Å². The van der Waals surface area contributed by atoms with Gasteiger partial charge in [0.25, 0.3) is 0 Å². The molecule has 1 aliphatic rings. The van der Waals surface area contributed by atoms with Crippen LogP contribution in [0.15, 0.2) is 27.6 Å². The van der Waals surface area contributed by atoms with Crippen LogP contribution in [-0.4, -0.2) is 23.7 Å². The molecule has 0 aromatic heterocycles. The number of carbonyl (C=O) groups excluding carboxylic acids is 1. The van der Waals surface area contributed by atoms with Gasteiger partial charge < -0.3 is 11.1 Å². The Morgan fingerprint density at radius 2 is 2.25 bits per heavy atom. The highest BCUT2D eigenvalue weighted by Crippen LogP contribution is 2.39. The quantitative estimate of drug-likeness (QED) is 0.770. The first kappa shape index (κ1) is 15.9. The van der Waals surface area contributed by atoms with E-state index in [0.717, 1.165) is 9.37 Å². The second kappa shape index (κ2) is 6.50. The van der Waals surface area contributed by atoms with Gasteiger partial charge in [0.1, 0.15) is 0 Å². The first-order valence-corrected chi connectivity index (χ1v) is 8.62. The molecule has 1 aromatic carbocycles. The Balaban J connectivity index is 1.88. The van der Waals surface area contributed by atoms with Gasteiger partial charge in [-0.3, -0.25) is 4.79 Å². The lowest BCUT2D eigenvalue weighted by Crippen LogP contribution is -2.53. The molecule has 110 valence electrons. The Hall–Kier alpha value is -0.520. The average molecular weight is 357 g/mol. The lowest BCUT2D eigenvalue weighted by Gasteiger charge is -2.29. The summed E-state index contributed by atoms with van der Waals surface area (Å²) in [6, 6.07) is 6.11. The number of carbonyl (C=O) groups is 1. The van der Waals surface area contributed by atoms with Gasteiger partial charge in [-0.05, 0) is 56.4 Å². The smallest absolute Gasteiger partial charge is 0.230 e. The zero-order valence-electron chi connectivity index (χ0n) is 11.9. The van der Waals surface area contributed by atoms with Crippen LogP contribution >= 0.6 is 27.7 Å². The molecule has 20 heavy (non-hydrogen) atoms. The van der Waals surface area contributed by atoms with E-state index in [0.29, 0.717) is 18.2 Å². The summed E-state index contributed by atoms with van der Waals surface area (Å²) < 4.78 is 1.06. The molecule has 3 nitrogen and oxygen atoms in total. The van der Waals surface area contributed by atoms with Crippen LogP contribution in [0.2, 0.25) is 0 Å². The molecule has 0 saturated heterocycles. The fourth-order valence-corrected chi connectivity index (χ4v) is 3.60. The number of amides is 1. The third-order valence-electron chi connectivity index (χ3n) is 3.82. The molecule has 1 unspecified atom stereocenters. The number of hydrogen-bond acceptors (Lipinski definition) is 3. The van der Waals surface area contributed by atoms with Crippen molar-refractivity contribution >= 4 is 33.6 Å². The summed E-state index contributed by atoms with van der Waals surface area (Å²) in [5, 5.41) is 3.11. The minimum absolute atomic E-state index is 0.0668. The summed E-state index contributed by atoms with van der Waals surface area (Å²) in [7, 11) is 0. The topological polar surface area (TPSA) is 55.1 Å². The summed E-state index contributed by atoms with van der Waals surface area (Å²) >= 11 is 5.02. The van der Waals surface area contributed by atoms with Gasteiger partial charge >= 0.3 is 0 Å². The van der Waals surface area contributed by atoms with Gasteiger partial charge in [0.15, 0.2) is 0 Å². The van der Waals surface area contributed by atoms with Crippen LogP contribution in [0.1, 0.15) is 25.3 Å². The van der Waals surface area contributed by atoms with E-state index >= 15 is 0 Å². The standard InChI is InChI=1S/C15H21BrN2OS/c1-10-7-12(16)5-6-13(10)20-8-14(19)18-15(2,9-17)11-3-4-11/h5-7,11H,3-4,8-9,17H2,1-2H3,(H,18,19). The van der Waals surface area contributed by atoms with Gasteiger partial charge in [0, 0.05) is 15.9 Å². The molecule has 2 rings (SSSR count). The molecule has 0 bridgehead atoms. The zero-order valence-corrected chi connectivity index (χ0v) is 14.3. The molecule has 0 heterocycles. The predicted molar refractivity (Wildman–Crippen MR) is 87.9 cm³/mol. The molecular formula is C15H21BrN2OS. The van der Waals surface area contributed by atoms with Crippen LogP contribution < -0.4 is 11.1 Å². The highest BCUT2D eigenvalue weighted by Gasteiger charge is 2.41. The lowest BCUT2D eigenvalue weighted by molar-refractivity contribution is -0.120. The molecule has 0 radical (unpaired) electrons. The largest absolute Gasteiger partial charge is 0.349 e. The van der Waals surface area contributed by atoms with Gasteiger partial charge in [-0.2, -0.15) is 0 Å². The van der Waals surface area contributed by atoms with E-state index in [1.165, 1.54) is 18.4 Å². The van der Waals surface area contributed by atoms with Gasteiger partial charge in [0.2, 0.25) is 5.91 Å². The van der Waals surface area contributed by atoms with Crippen LogP contribution in [0.5, 0.6) is 0 Å². The maximum atomic E-state index is 12.1. The minimum atomic E-state index is -0.230. The molecule has 1 amide bonds. The predicted octanol–water partition coefficient (Wildman–Crippen LogP) is 3.09. The van der Waals surface area contributed by atoms with E-state index in [4.69, 9.17) is 5.73 Å². The van der Waals surface area contributed by atoms with Crippen molar-refractivity contribution < 1.29 is 4.79 Å². The summed E-state index contributed by atoms with van der Waals surface area (Å²) in [4.78, 5) is 13.2. The molecule has 0 spiro atoms. The van der Waals surface area contributed by atoms with Crippen molar-refractivity contribution in [2.24, 2.45) is 11.7 Å². The normalized spacial score (nSPS) is 17.6. The van der Waals surface area contributed by atoms with E-state index < -0.39 is 0 Å². The first-order chi connectivity index (χ1) is 9.44. The Morgan fingerprint density at radius 1 is 1.55 bits per heavy atom. The van der Waals surface area contributed by atoms with Gasteiger partial charge in [-0.15, -0.1) is 11.8 Å².